The van der Waals surface area contributed by atoms with Crippen LogP contribution in [0.4, 0.5) is 0 Å². The second-order valence-electron chi connectivity index (χ2n) is 2.78. The first kappa shape index (κ1) is 9.48. The summed E-state index contributed by atoms with van der Waals surface area (Å²) in [7, 11) is 0. The second-order valence-corrected chi connectivity index (χ2v) is 2.78. The summed E-state index contributed by atoms with van der Waals surface area (Å²) in [6, 6.07) is 0. The smallest absolute Gasteiger partial charge is 0.0345 e. The fraction of sp³-hybridized carbons (Fsp3) is 0.600. The summed E-state index contributed by atoms with van der Waals surface area (Å²) in [6.07, 6.45) is 10.4. The molecule has 0 aliphatic heterocycles. The van der Waals surface area contributed by atoms with Gasteiger partial charge in [0.05, 0.1) is 0 Å². The maximum atomic E-state index is 2.30. The molecule has 0 N–H and O–H groups in total. The molecule has 0 aromatic carbocycles. The van der Waals surface area contributed by atoms with E-state index in [0.717, 1.165) is 0 Å². The molecule has 0 unspecified atom stereocenters. The van der Waals surface area contributed by atoms with Crippen LogP contribution in [0, 0.1) is 0 Å². The van der Waals surface area contributed by atoms with Crippen molar-refractivity contribution in [3.05, 3.63) is 23.8 Å². The molecule has 0 nitrogen and oxygen atoms in total. The predicted octanol–water partition coefficient (Wildman–Crippen LogP) is 3.70. The van der Waals surface area contributed by atoms with Crippen LogP contribution in [0.15, 0.2) is 23.8 Å². The van der Waals surface area contributed by atoms with Crippen molar-refractivity contribution < 1.29 is 0 Å². The van der Waals surface area contributed by atoms with Crippen molar-refractivity contribution in [2.45, 2.75) is 40.0 Å². The number of allylic oxidation sites excluding steroid dienone is 4. The van der Waals surface area contributed by atoms with Crippen LogP contribution in [0.25, 0.3) is 0 Å². The molecule has 0 radical (unpaired) electrons. The first-order valence-electron chi connectivity index (χ1n) is 4.02. The first-order chi connectivity index (χ1) is 4.77. The molecule has 0 aliphatic carbocycles. The Bertz CT molecular complexity index is 114. The summed E-state index contributed by atoms with van der Waals surface area (Å²) in [5.41, 5.74) is 1.43. The zero-order chi connectivity index (χ0) is 7.82. The highest BCUT2D eigenvalue weighted by atomic mass is 13.9. The van der Waals surface area contributed by atoms with Crippen LogP contribution >= 0.6 is 0 Å². The highest BCUT2D eigenvalue weighted by molar-refractivity contribution is 4.93. The number of unbranched alkanes of at least 4 members (excludes halogenated alkanes) is 2. The third-order valence-electron chi connectivity index (χ3n) is 1.36. The minimum absolute atomic E-state index is 1.22. The normalized spacial score (nSPS) is 10.3. The number of rotatable bonds is 4. The van der Waals surface area contributed by atoms with E-state index in [-0.39, 0.29) is 0 Å². The van der Waals surface area contributed by atoms with E-state index >= 15 is 0 Å². The van der Waals surface area contributed by atoms with E-state index in [9.17, 15) is 0 Å². The molecule has 0 atom stereocenters. The SMILES string of the molecule is CC=CCCCC=C(C)C. The fourth-order valence-corrected chi connectivity index (χ4v) is 0.793. The van der Waals surface area contributed by atoms with Crippen molar-refractivity contribution >= 4 is 0 Å². The molecular weight excluding hydrogens is 120 g/mol. The topological polar surface area (TPSA) is 0 Å². The summed E-state index contributed by atoms with van der Waals surface area (Å²) in [6.45, 7) is 6.37. The summed E-state index contributed by atoms with van der Waals surface area (Å²) < 4.78 is 0. The quantitative estimate of drug-likeness (QED) is 0.410. The van der Waals surface area contributed by atoms with Gasteiger partial charge in [-0.25, -0.2) is 0 Å². The monoisotopic (exact) mass is 138 g/mol. The van der Waals surface area contributed by atoms with Gasteiger partial charge in [0.1, 0.15) is 0 Å². The van der Waals surface area contributed by atoms with Gasteiger partial charge in [-0.15, -0.1) is 0 Å². The van der Waals surface area contributed by atoms with Gasteiger partial charge in [0, 0.05) is 0 Å². The van der Waals surface area contributed by atoms with Crippen molar-refractivity contribution in [3.63, 3.8) is 0 Å². The maximum absolute atomic E-state index is 2.30. The molecule has 58 valence electrons. The first-order valence-corrected chi connectivity index (χ1v) is 4.02. The van der Waals surface area contributed by atoms with Crippen LogP contribution in [0.2, 0.25) is 0 Å². The molecule has 0 saturated heterocycles. The second kappa shape index (κ2) is 6.60. The van der Waals surface area contributed by atoms with Gasteiger partial charge in [0.2, 0.25) is 0 Å². The van der Waals surface area contributed by atoms with Crippen molar-refractivity contribution in [2.75, 3.05) is 0 Å². The van der Waals surface area contributed by atoms with Crippen molar-refractivity contribution in [1.82, 2.24) is 0 Å². The van der Waals surface area contributed by atoms with Crippen LogP contribution in [-0.2, 0) is 0 Å². The maximum Gasteiger partial charge on any atom is -0.0345 e. The van der Waals surface area contributed by atoms with Gasteiger partial charge < -0.3 is 0 Å². The van der Waals surface area contributed by atoms with Gasteiger partial charge in [0.15, 0.2) is 0 Å². The Morgan fingerprint density at radius 1 is 1.20 bits per heavy atom. The fourth-order valence-electron chi connectivity index (χ4n) is 0.793. The van der Waals surface area contributed by atoms with E-state index in [1.54, 1.807) is 0 Å². The molecule has 0 aliphatic rings. The van der Waals surface area contributed by atoms with Crippen LogP contribution in [0.3, 0.4) is 0 Å². The third-order valence-corrected chi connectivity index (χ3v) is 1.36. The van der Waals surface area contributed by atoms with Crippen LogP contribution in [0.5, 0.6) is 0 Å². The molecule has 0 fully saturated rings. The predicted molar refractivity (Wildman–Crippen MR) is 48.1 cm³/mol. The zero-order valence-corrected chi connectivity index (χ0v) is 7.35. The summed E-state index contributed by atoms with van der Waals surface area (Å²) >= 11 is 0. The van der Waals surface area contributed by atoms with Gasteiger partial charge in [-0.2, -0.15) is 0 Å². The Labute approximate surface area is 64.6 Å². The van der Waals surface area contributed by atoms with E-state index < -0.39 is 0 Å². The highest BCUT2D eigenvalue weighted by Gasteiger charge is 1.80. The van der Waals surface area contributed by atoms with E-state index in [2.05, 4.69) is 39.0 Å². The lowest BCUT2D eigenvalue weighted by molar-refractivity contribution is 0.861. The summed E-state index contributed by atoms with van der Waals surface area (Å²) in [4.78, 5) is 0. The van der Waals surface area contributed by atoms with Crippen molar-refractivity contribution in [3.8, 4) is 0 Å². The Balaban J connectivity index is 3.13. The third kappa shape index (κ3) is 7.48. The van der Waals surface area contributed by atoms with Crippen molar-refractivity contribution in [2.24, 2.45) is 0 Å². The van der Waals surface area contributed by atoms with Crippen molar-refractivity contribution in [1.29, 1.82) is 0 Å². The molecule has 0 aromatic heterocycles. The molecule has 0 amide bonds. The molecule has 10 heavy (non-hydrogen) atoms. The minimum atomic E-state index is 1.22. The number of hydrogen-bond acceptors (Lipinski definition) is 0. The van der Waals surface area contributed by atoms with Gasteiger partial charge in [0.25, 0.3) is 0 Å². The van der Waals surface area contributed by atoms with Gasteiger partial charge in [-0.3, -0.25) is 0 Å². The van der Waals surface area contributed by atoms with E-state index in [4.69, 9.17) is 0 Å². The average Bonchev–Trinajstić information content (AvgIpc) is 1.87. The van der Waals surface area contributed by atoms with Gasteiger partial charge >= 0.3 is 0 Å². The average molecular weight is 138 g/mol. The Kier molecular flexibility index (Phi) is 6.25. The van der Waals surface area contributed by atoms with E-state index in [1.165, 1.54) is 24.8 Å². The van der Waals surface area contributed by atoms with E-state index in [0.29, 0.717) is 0 Å². The van der Waals surface area contributed by atoms with Crippen LogP contribution < -0.4 is 0 Å². The summed E-state index contributed by atoms with van der Waals surface area (Å²) in [5, 5.41) is 0. The summed E-state index contributed by atoms with van der Waals surface area (Å²) in [5.74, 6) is 0. The molecule has 0 heterocycles. The molecule has 0 aromatic rings. The zero-order valence-electron chi connectivity index (χ0n) is 7.35. The van der Waals surface area contributed by atoms with Crippen LogP contribution in [-0.4, -0.2) is 0 Å². The molecule has 0 spiro atoms. The van der Waals surface area contributed by atoms with Gasteiger partial charge in [-0.1, -0.05) is 23.8 Å². The van der Waals surface area contributed by atoms with E-state index in [1.807, 2.05) is 0 Å². The Hall–Kier alpha value is -0.520. The lowest BCUT2D eigenvalue weighted by Gasteiger charge is -1.90. The standard InChI is InChI=1S/C10H18/c1-4-5-6-7-8-9-10(2)3/h4-5,9H,6-8H2,1-3H3. The number of hydrogen-bond donors (Lipinski definition) is 0. The minimum Gasteiger partial charge on any atom is -0.0917 e. The molecule has 0 rings (SSSR count). The van der Waals surface area contributed by atoms with Gasteiger partial charge in [-0.05, 0) is 40.0 Å². The Morgan fingerprint density at radius 3 is 2.40 bits per heavy atom. The highest BCUT2D eigenvalue weighted by Crippen LogP contribution is 2.00. The Morgan fingerprint density at radius 2 is 1.90 bits per heavy atom. The molecule has 0 heteroatoms. The molecule has 0 bridgehead atoms. The van der Waals surface area contributed by atoms with Crippen LogP contribution in [0.1, 0.15) is 40.0 Å². The lowest BCUT2D eigenvalue weighted by Crippen LogP contribution is -1.70. The molecule has 0 saturated carbocycles. The largest absolute Gasteiger partial charge is 0.0917 e. The molecular formula is C10H18. The lowest BCUT2D eigenvalue weighted by atomic mass is 10.2.